The number of aromatic nitrogens is 1. The molecule has 0 aliphatic carbocycles. The number of rotatable bonds is 6. The Bertz CT molecular complexity index is 619. The largest absolute Gasteiger partial charge is 0.492 e. The van der Waals surface area contributed by atoms with E-state index in [0.717, 1.165) is 11.8 Å². The highest BCUT2D eigenvalue weighted by Gasteiger charge is 2.00. The quantitative estimate of drug-likeness (QED) is 0.825. The van der Waals surface area contributed by atoms with Crippen LogP contribution in [0.15, 0.2) is 48.7 Å². The van der Waals surface area contributed by atoms with E-state index in [0.29, 0.717) is 18.9 Å². The first-order valence-corrected chi connectivity index (χ1v) is 6.09. The molecule has 0 spiro atoms. The van der Waals surface area contributed by atoms with Crippen molar-refractivity contribution < 1.29 is 19.0 Å². The van der Waals surface area contributed by atoms with Crippen molar-refractivity contribution in [2.75, 3.05) is 6.61 Å². The van der Waals surface area contributed by atoms with Crippen molar-refractivity contribution in [3.8, 4) is 5.75 Å². The summed E-state index contributed by atoms with van der Waals surface area (Å²) in [5, 5.41) is 8.60. The highest BCUT2D eigenvalue weighted by atomic mass is 19.1. The van der Waals surface area contributed by atoms with Crippen LogP contribution in [0, 0.1) is 5.82 Å². The van der Waals surface area contributed by atoms with Gasteiger partial charge in [0.2, 0.25) is 0 Å². The van der Waals surface area contributed by atoms with E-state index in [2.05, 4.69) is 0 Å². The van der Waals surface area contributed by atoms with Crippen LogP contribution < -0.4 is 4.74 Å². The molecule has 1 aromatic heterocycles. The molecule has 0 atom stereocenters. The molecule has 1 N–H and O–H groups in total. The summed E-state index contributed by atoms with van der Waals surface area (Å²) in [5.41, 5.74) is 0.773. The van der Waals surface area contributed by atoms with E-state index in [9.17, 15) is 9.18 Å². The molecule has 0 fully saturated rings. The van der Waals surface area contributed by atoms with Crippen LogP contribution in [-0.2, 0) is 11.3 Å². The van der Waals surface area contributed by atoms with Gasteiger partial charge in [-0.1, -0.05) is 6.07 Å². The zero-order chi connectivity index (χ0) is 14.4. The van der Waals surface area contributed by atoms with Crippen LogP contribution in [0.2, 0.25) is 0 Å². The summed E-state index contributed by atoms with van der Waals surface area (Å²) < 4.78 is 20.3. The highest BCUT2D eigenvalue weighted by molar-refractivity contribution is 5.84. The average molecular weight is 275 g/mol. The van der Waals surface area contributed by atoms with Gasteiger partial charge in [-0.2, -0.15) is 0 Å². The van der Waals surface area contributed by atoms with Gasteiger partial charge in [0, 0.05) is 24.0 Å². The summed E-state index contributed by atoms with van der Waals surface area (Å²) in [7, 11) is 0. The molecule has 0 saturated heterocycles. The SMILES string of the molecule is O=C(O)C=Cc1cccn1CCOc1cccc(F)c1. The van der Waals surface area contributed by atoms with Gasteiger partial charge in [-0.15, -0.1) is 0 Å². The number of hydrogen-bond donors (Lipinski definition) is 1. The second-order valence-electron chi connectivity index (χ2n) is 4.10. The fourth-order valence-electron chi connectivity index (χ4n) is 1.76. The second kappa shape index (κ2) is 6.56. The molecule has 0 bridgehead atoms. The molecule has 5 heteroatoms. The Morgan fingerprint density at radius 3 is 2.95 bits per heavy atom. The van der Waals surface area contributed by atoms with Gasteiger partial charge in [0.15, 0.2) is 0 Å². The van der Waals surface area contributed by atoms with Gasteiger partial charge >= 0.3 is 5.97 Å². The highest BCUT2D eigenvalue weighted by Crippen LogP contribution is 2.12. The van der Waals surface area contributed by atoms with E-state index in [1.54, 1.807) is 12.1 Å². The number of nitrogens with zero attached hydrogens (tertiary/aromatic N) is 1. The Kier molecular flexibility index (Phi) is 4.55. The van der Waals surface area contributed by atoms with E-state index in [1.807, 2.05) is 22.9 Å². The first kappa shape index (κ1) is 13.9. The fourth-order valence-corrected chi connectivity index (χ4v) is 1.76. The number of carboxylic acid groups (broad SMARTS) is 1. The zero-order valence-electron chi connectivity index (χ0n) is 10.7. The number of ether oxygens (including phenoxy) is 1. The summed E-state index contributed by atoms with van der Waals surface area (Å²) in [6.45, 7) is 0.912. The number of hydrogen-bond acceptors (Lipinski definition) is 2. The molecule has 0 unspecified atom stereocenters. The minimum absolute atomic E-state index is 0.339. The molecule has 1 heterocycles. The van der Waals surface area contributed by atoms with Crippen LogP contribution in [0.3, 0.4) is 0 Å². The predicted octanol–water partition coefficient (Wildman–Crippen LogP) is 2.80. The third-order valence-electron chi connectivity index (χ3n) is 2.66. The molecular weight excluding hydrogens is 261 g/mol. The average Bonchev–Trinajstić information content (AvgIpc) is 2.84. The van der Waals surface area contributed by atoms with Crippen molar-refractivity contribution in [3.63, 3.8) is 0 Å². The van der Waals surface area contributed by atoms with Crippen LogP contribution in [0.25, 0.3) is 6.08 Å². The molecule has 0 aliphatic heterocycles. The normalized spacial score (nSPS) is 10.8. The van der Waals surface area contributed by atoms with E-state index in [-0.39, 0.29) is 5.82 Å². The maximum absolute atomic E-state index is 13.0. The Morgan fingerprint density at radius 2 is 2.20 bits per heavy atom. The Hall–Kier alpha value is -2.56. The number of halogens is 1. The topological polar surface area (TPSA) is 51.5 Å². The van der Waals surface area contributed by atoms with Gasteiger partial charge < -0.3 is 14.4 Å². The molecule has 2 rings (SSSR count). The van der Waals surface area contributed by atoms with E-state index in [4.69, 9.17) is 9.84 Å². The zero-order valence-corrected chi connectivity index (χ0v) is 10.7. The molecule has 2 aromatic rings. The van der Waals surface area contributed by atoms with Gasteiger partial charge in [0.05, 0.1) is 6.54 Å². The summed E-state index contributed by atoms with van der Waals surface area (Å²) in [6, 6.07) is 9.57. The summed E-state index contributed by atoms with van der Waals surface area (Å²) >= 11 is 0. The minimum Gasteiger partial charge on any atom is -0.492 e. The predicted molar refractivity (Wildman–Crippen MR) is 73.0 cm³/mol. The lowest BCUT2D eigenvalue weighted by Gasteiger charge is -2.09. The van der Waals surface area contributed by atoms with Gasteiger partial charge in [-0.3, -0.25) is 0 Å². The van der Waals surface area contributed by atoms with Gasteiger partial charge in [0.1, 0.15) is 18.2 Å². The van der Waals surface area contributed by atoms with Crippen LogP contribution in [0.4, 0.5) is 4.39 Å². The maximum atomic E-state index is 13.0. The molecule has 4 nitrogen and oxygen atoms in total. The Balaban J connectivity index is 1.91. The van der Waals surface area contributed by atoms with Crippen molar-refractivity contribution >= 4 is 12.0 Å². The number of benzene rings is 1. The summed E-state index contributed by atoms with van der Waals surface area (Å²) in [6.07, 6.45) is 4.43. The molecule has 20 heavy (non-hydrogen) atoms. The van der Waals surface area contributed by atoms with Crippen LogP contribution in [0.1, 0.15) is 5.69 Å². The van der Waals surface area contributed by atoms with Crippen molar-refractivity contribution in [2.24, 2.45) is 0 Å². The molecule has 104 valence electrons. The molecule has 0 saturated carbocycles. The standard InChI is InChI=1S/C15H14FNO3/c16-12-3-1-5-14(11-12)20-10-9-17-8-2-4-13(17)6-7-15(18)19/h1-8,11H,9-10H2,(H,18,19). The van der Waals surface area contributed by atoms with E-state index in [1.165, 1.54) is 18.2 Å². The minimum atomic E-state index is -0.992. The monoisotopic (exact) mass is 275 g/mol. The first-order chi connectivity index (χ1) is 9.65. The maximum Gasteiger partial charge on any atom is 0.328 e. The third-order valence-corrected chi connectivity index (χ3v) is 2.66. The lowest BCUT2D eigenvalue weighted by Crippen LogP contribution is -2.08. The molecule has 1 aromatic carbocycles. The molecule has 0 radical (unpaired) electrons. The first-order valence-electron chi connectivity index (χ1n) is 6.09. The lowest BCUT2D eigenvalue weighted by atomic mass is 10.3. The fraction of sp³-hybridized carbons (Fsp3) is 0.133. The van der Waals surface area contributed by atoms with Crippen molar-refractivity contribution in [3.05, 3.63) is 60.2 Å². The molecule has 0 aliphatic rings. The van der Waals surface area contributed by atoms with Crippen molar-refractivity contribution in [1.82, 2.24) is 4.57 Å². The summed E-state index contributed by atoms with van der Waals surface area (Å²) in [5.74, 6) is -0.859. The van der Waals surface area contributed by atoms with E-state index < -0.39 is 5.97 Å². The molecular formula is C15H14FNO3. The van der Waals surface area contributed by atoms with Crippen LogP contribution in [0.5, 0.6) is 5.75 Å². The lowest BCUT2D eigenvalue weighted by molar-refractivity contribution is -0.131. The Morgan fingerprint density at radius 1 is 1.35 bits per heavy atom. The smallest absolute Gasteiger partial charge is 0.328 e. The van der Waals surface area contributed by atoms with Gasteiger partial charge in [-0.25, -0.2) is 9.18 Å². The number of aliphatic carboxylic acids is 1. The van der Waals surface area contributed by atoms with Gasteiger partial charge in [-0.05, 0) is 30.3 Å². The van der Waals surface area contributed by atoms with Crippen molar-refractivity contribution in [1.29, 1.82) is 0 Å². The molecule has 0 amide bonds. The van der Waals surface area contributed by atoms with Crippen LogP contribution in [-0.4, -0.2) is 22.2 Å². The third kappa shape index (κ3) is 3.98. The number of carboxylic acids is 1. The Labute approximate surface area is 115 Å². The second-order valence-corrected chi connectivity index (χ2v) is 4.10. The van der Waals surface area contributed by atoms with Crippen molar-refractivity contribution in [2.45, 2.75) is 6.54 Å². The number of carbonyl (C=O) groups is 1. The summed E-state index contributed by atoms with van der Waals surface area (Å²) in [4.78, 5) is 10.5. The van der Waals surface area contributed by atoms with Gasteiger partial charge in [0.25, 0.3) is 0 Å². The van der Waals surface area contributed by atoms with E-state index >= 15 is 0 Å². The van der Waals surface area contributed by atoms with Crippen LogP contribution >= 0.6 is 0 Å².